The van der Waals surface area contributed by atoms with Crippen molar-refractivity contribution in [2.75, 3.05) is 6.54 Å². The molecule has 1 aromatic rings. The molecule has 0 spiro atoms. The first kappa shape index (κ1) is 7.87. The number of nitrogens with zero attached hydrogens (tertiary/aromatic N) is 3. The van der Waals surface area contributed by atoms with Gasteiger partial charge in [0.1, 0.15) is 0 Å². The van der Waals surface area contributed by atoms with Crippen LogP contribution in [0.3, 0.4) is 0 Å². The van der Waals surface area contributed by atoms with Gasteiger partial charge in [-0.25, -0.2) is 4.98 Å². The van der Waals surface area contributed by atoms with Crippen LogP contribution in [0.25, 0.3) is 0 Å². The zero-order valence-electron chi connectivity index (χ0n) is 6.10. The van der Waals surface area contributed by atoms with E-state index in [4.69, 9.17) is 5.73 Å². The van der Waals surface area contributed by atoms with Gasteiger partial charge < -0.3 is 10.3 Å². The second-order valence-electron chi connectivity index (χ2n) is 2.15. The highest BCUT2D eigenvalue weighted by molar-refractivity contribution is 5.15. The molecule has 0 aromatic carbocycles. The van der Waals surface area contributed by atoms with Crippen LogP contribution in [-0.4, -0.2) is 16.1 Å². The van der Waals surface area contributed by atoms with Crippen molar-refractivity contribution in [3.8, 4) is 0 Å². The van der Waals surface area contributed by atoms with Crippen LogP contribution in [0.15, 0.2) is 17.6 Å². The zero-order chi connectivity index (χ0) is 8.10. The van der Waals surface area contributed by atoms with E-state index in [1.54, 1.807) is 17.0 Å². The highest BCUT2D eigenvalue weighted by Crippen LogP contribution is 2.07. The molecule has 0 atom stereocenters. The Hall–Kier alpha value is -1.23. The molecule has 0 saturated carbocycles. The molecule has 5 nitrogen and oxygen atoms in total. The molecule has 11 heavy (non-hydrogen) atoms. The number of nitrogens with two attached hydrogens (primary N) is 1. The van der Waals surface area contributed by atoms with Crippen LogP contribution in [-0.2, 0) is 6.54 Å². The number of aromatic nitrogens is 2. The zero-order valence-corrected chi connectivity index (χ0v) is 6.10. The Morgan fingerprint density at radius 2 is 2.55 bits per heavy atom. The van der Waals surface area contributed by atoms with Crippen LogP contribution in [0.5, 0.6) is 0 Å². The minimum absolute atomic E-state index is 0.221. The Balaban J connectivity index is 2.61. The SMILES string of the molecule is NCCCn1ccnc1N=O. The Morgan fingerprint density at radius 1 is 1.73 bits per heavy atom. The van der Waals surface area contributed by atoms with Crippen LogP contribution in [0.1, 0.15) is 6.42 Å². The van der Waals surface area contributed by atoms with Gasteiger partial charge in [0.2, 0.25) is 0 Å². The molecule has 0 unspecified atom stereocenters. The van der Waals surface area contributed by atoms with E-state index in [2.05, 4.69) is 10.2 Å². The van der Waals surface area contributed by atoms with E-state index in [9.17, 15) is 4.91 Å². The first-order valence-electron chi connectivity index (χ1n) is 3.43. The third kappa shape index (κ3) is 1.84. The average Bonchev–Trinajstić information content (AvgIpc) is 2.47. The van der Waals surface area contributed by atoms with Crippen molar-refractivity contribution in [1.82, 2.24) is 9.55 Å². The highest BCUT2D eigenvalue weighted by atomic mass is 16.3. The second kappa shape index (κ2) is 3.82. The third-order valence-corrected chi connectivity index (χ3v) is 1.38. The molecule has 0 amide bonds. The molecule has 0 saturated heterocycles. The third-order valence-electron chi connectivity index (χ3n) is 1.38. The fraction of sp³-hybridized carbons (Fsp3) is 0.500. The monoisotopic (exact) mass is 154 g/mol. The van der Waals surface area contributed by atoms with Crippen molar-refractivity contribution in [3.05, 3.63) is 17.3 Å². The lowest BCUT2D eigenvalue weighted by molar-refractivity contribution is 0.653. The van der Waals surface area contributed by atoms with Crippen LogP contribution >= 0.6 is 0 Å². The van der Waals surface area contributed by atoms with Gasteiger partial charge in [0.25, 0.3) is 5.95 Å². The number of rotatable bonds is 4. The molecule has 2 N–H and O–H groups in total. The van der Waals surface area contributed by atoms with Gasteiger partial charge in [-0.1, -0.05) is 0 Å². The van der Waals surface area contributed by atoms with E-state index in [1.165, 1.54) is 0 Å². The van der Waals surface area contributed by atoms with Crippen molar-refractivity contribution in [1.29, 1.82) is 0 Å². The van der Waals surface area contributed by atoms with Gasteiger partial charge in [0.15, 0.2) is 0 Å². The fourth-order valence-electron chi connectivity index (χ4n) is 0.833. The van der Waals surface area contributed by atoms with Gasteiger partial charge in [-0.05, 0) is 13.0 Å². The quantitative estimate of drug-likeness (QED) is 0.646. The van der Waals surface area contributed by atoms with Gasteiger partial charge in [0, 0.05) is 24.1 Å². The van der Waals surface area contributed by atoms with E-state index < -0.39 is 0 Å². The van der Waals surface area contributed by atoms with Crippen LogP contribution in [0.4, 0.5) is 5.95 Å². The molecular formula is C6H10N4O. The van der Waals surface area contributed by atoms with E-state index >= 15 is 0 Å². The minimum atomic E-state index is 0.221. The summed E-state index contributed by atoms with van der Waals surface area (Å²) in [5, 5.41) is 2.74. The molecule has 0 aliphatic rings. The molecule has 0 fully saturated rings. The number of imidazole rings is 1. The summed E-state index contributed by atoms with van der Waals surface area (Å²) in [6, 6.07) is 0. The lowest BCUT2D eigenvalue weighted by Gasteiger charge is -1.99. The summed E-state index contributed by atoms with van der Waals surface area (Å²) < 4.78 is 1.68. The van der Waals surface area contributed by atoms with Crippen molar-refractivity contribution in [3.63, 3.8) is 0 Å². The van der Waals surface area contributed by atoms with Crippen molar-refractivity contribution in [2.45, 2.75) is 13.0 Å². The maximum absolute atomic E-state index is 10.1. The predicted molar refractivity (Wildman–Crippen MR) is 41.4 cm³/mol. The van der Waals surface area contributed by atoms with Gasteiger partial charge >= 0.3 is 0 Å². The summed E-state index contributed by atoms with van der Waals surface area (Å²) in [5.74, 6) is 0.221. The summed E-state index contributed by atoms with van der Waals surface area (Å²) in [6.45, 7) is 1.31. The fourth-order valence-corrected chi connectivity index (χ4v) is 0.833. The highest BCUT2D eigenvalue weighted by Gasteiger charge is 1.99. The maximum Gasteiger partial charge on any atom is 0.271 e. The Morgan fingerprint density at radius 3 is 3.18 bits per heavy atom. The Bertz CT molecular complexity index is 232. The van der Waals surface area contributed by atoms with Crippen LogP contribution in [0.2, 0.25) is 0 Å². The van der Waals surface area contributed by atoms with Crippen LogP contribution < -0.4 is 5.73 Å². The van der Waals surface area contributed by atoms with Gasteiger partial charge in [-0.2, -0.15) is 0 Å². The summed E-state index contributed by atoms with van der Waals surface area (Å²) >= 11 is 0. The second-order valence-corrected chi connectivity index (χ2v) is 2.15. The Labute approximate surface area is 64.2 Å². The van der Waals surface area contributed by atoms with E-state index in [1.807, 2.05) is 0 Å². The van der Waals surface area contributed by atoms with Crippen molar-refractivity contribution < 1.29 is 0 Å². The summed E-state index contributed by atoms with van der Waals surface area (Å²) in [4.78, 5) is 13.8. The normalized spacial score (nSPS) is 9.91. The van der Waals surface area contributed by atoms with E-state index in [0.717, 1.165) is 6.42 Å². The average molecular weight is 154 g/mol. The molecule has 1 aromatic heterocycles. The first-order chi connectivity index (χ1) is 5.38. The van der Waals surface area contributed by atoms with E-state index in [0.29, 0.717) is 13.1 Å². The molecule has 60 valence electrons. The largest absolute Gasteiger partial charge is 0.330 e. The lowest BCUT2D eigenvalue weighted by Crippen LogP contribution is -2.04. The molecule has 0 radical (unpaired) electrons. The molecule has 0 aliphatic carbocycles. The maximum atomic E-state index is 10.1. The summed E-state index contributed by atoms with van der Waals surface area (Å²) in [6.07, 6.45) is 4.10. The van der Waals surface area contributed by atoms with Crippen molar-refractivity contribution in [2.24, 2.45) is 10.9 Å². The number of nitroso groups, excluding NO2 is 1. The molecule has 5 heteroatoms. The Kier molecular flexibility index (Phi) is 2.74. The molecule has 0 aliphatic heterocycles. The summed E-state index contributed by atoms with van der Waals surface area (Å²) in [7, 11) is 0. The predicted octanol–water partition coefficient (Wildman–Crippen LogP) is 0.630. The van der Waals surface area contributed by atoms with E-state index in [-0.39, 0.29) is 5.95 Å². The molecule has 0 bridgehead atoms. The number of hydrogen-bond donors (Lipinski definition) is 1. The van der Waals surface area contributed by atoms with Crippen LogP contribution in [0, 0.1) is 4.91 Å². The standard InChI is InChI=1S/C6H10N4O/c7-2-1-4-10-5-3-8-6(10)9-11/h3,5H,1-2,4,7H2. The van der Waals surface area contributed by atoms with Gasteiger partial charge in [0.05, 0.1) is 0 Å². The molecular weight excluding hydrogens is 144 g/mol. The van der Waals surface area contributed by atoms with Gasteiger partial charge in [-0.3, -0.25) is 0 Å². The van der Waals surface area contributed by atoms with Crippen molar-refractivity contribution >= 4 is 5.95 Å². The number of aryl methyl sites for hydroxylation is 1. The number of hydrogen-bond acceptors (Lipinski definition) is 4. The van der Waals surface area contributed by atoms with Gasteiger partial charge in [-0.15, -0.1) is 4.91 Å². The topological polar surface area (TPSA) is 73.3 Å². The first-order valence-corrected chi connectivity index (χ1v) is 3.43. The minimum Gasteiger partial charge on any atom is -0.330 e. The molecule has 1 heterocycles. The summed E-state index contributed by atoms with van der Waals surface area (Å²) in [5.41, 5.74) is 5.29. The lowest BCUT2D eigenvalue weighted by atomic mass is 10.4. The molecule has 1 rings (SSSR count). The smallest absolute Gasteiger partial charge is 0.271 e.